The van der Waals surface area contributed by atoms with Crippen molar-refractivity contribution in [2.45, 2.75) is 63.8 Å². The molecular formula is C14H21N3. The third kappa shape index (κ3) is 2.36. The van der Waals surface area contributed by atoms with Crippen molar-refractivity contribution in [2.75, 3.05) is 0 Å². The molecular weight excluding hydrogens is 210 g/mol. The zero-order valence-electron chi connectivity index (χ0n) is 10.8. The van der Waals surface area contributed by atoms with Crippen LogP contribution in [0, 0.1) is 11.3 Å². The molecule has 0 unspecified atom stereocenters. The van der Waals surface area contributed by atoms with Gasteiger partial charge in [-0.1, -0.05) is 33.1 Å². The van der Waals surface area contributed by atoms with E-state index in [-0.39, 0.29) is 5.54 Å². The summed E-state index contributed by atoms with van der Waals surface area (Å²) in [6.45, 7) is 4.36. The largest absolute Gasteiger partial charge is 0.265 e. The summed E-state index contributed by atoms with van der Waals surface area (Å²) in [5.41, 5.74) is 1.24. The van der Waals surface area contributed by atoms with Crippen molar-refractivity contribution in [3.63, 3.8) is 0 Å². The summed E-state index contributed by atoms with van der Waals surface area (Å²) in [5.74, 6) is 0.506. The van der Waals surface area contributed by atoms with E-state index in [1.807, 2.05) is 6.20 Å². The van der Waals surface area contributed by atoms with Crippen LogP contribution >= 0.6 is 0 Å². The molecule has 1 aromatic rings. The van der Waals surface area contributed by atoms with E-state index in [4.69, 9.17) is 5.26 Å². The van der Waals surface area contributed by atoms with E-state index >= 15 is 0 Å². The topological polar surface area (TPSA) is 41.6 Å². The highest BCUT2D eigenvalue weighted by Gasteiger charge is 2.34. The SMILES string of the molecule is CC(C)c1cnn(C2(CC#N)CCCCC2)c1. The quantitative estimate of drug-likeness (QED) is 0.797. The number of rotatable bonds is 3. The molecule has 1 heterocycles. The highest BCUT2D eigenvalue weighted by molar-refractivity contribution is 5.11. The molecule has 2 rings (SSSR count). The van der Waals surface area contributed by atoms with Gasteiger partial charge in [-0.05, 0) is 24.3 Å². The van der Waals surface area contributed by atoms with Gasteiger partial charge in [-0.15, -0.1) is 0 Å². The van der Waals surface area contributed by atoms with Crippen molar-refractivity contribution in [3.8, 4) is 6.07 Å². The summed E-state index contributed by atoms with van der Waals surface area (Å²) < 4.78 is 2.07. The average molecular weight is 231 g/mol. The molecule has 1 aliphatic rings. The van der Waals surface area contributed by atoms with Gasteiger partial charge in [0.1, 0.15) is 0 Å². The first-order valence-corrected chi connectivity index (χ1v) is 6.60. The molecule has 0 bridgehead atoms. The van der Waals surface area contributed by atoms with Gasteiger partial charge < -0.3 is 0 Å². The van der Waals surface area contributed by atoms with E-state index in [2.05, 4.69) is 35.9 Å². The molecule has 0 N–H and O–H groups in total. The van der Waals surface area contributed by atoms with Crippen LogP contribution in [0.2, 0.25) is 0 Å². The minimum absolute atomic E-state index is 0.0276. The van der Waals surface area contributed by atoms with Gasteiger partial charge in [-0.2, -0.15) is 10.4 Å². The molecule has 17 heavy (non-hydrogen) atoms. The molecule has 0 saturated heterocycles. The predicted octanol–water partition coefficient (Wildman–Crippen LogP) is 3.58. The lowest BCUT2D eigenvalue weighted by Crippen LogP contribution is -2.36. The summed E-state index contributed by atoms with van der Waals surface area (Å²) >= 11 is 0. The Hall–Kier alpha value is -1.30. The Bertz CT molecular complexity index is 405. The number of hydrogen-bond donors (Lipinski definition) is 0. The number of nitrogens with zero attached hydrogens (tertiary/aromatic N) is 3. The Morgan fingerprint density at radius 1 is 1.41 bits per heavy atom. The minimum Gasteiger partial charge on any atom is -0.265 e. The van der Waals surface area contributed by atoms with Crippen LogP contribution in [0.25, 0.3) is 0 Å². The molecule has 0 aromatic carbocycles. The molecule has 0 radical (unpaired) electrons. The molecule has 3 nitrogen and oxygen atoms in total. The maximum absolute atomic E-state index is 9.07. The van der Waals surface area contributed by atoms with Crippen LogP contribution in [-0.2, 0) is 5.54 Å². The number of hydrogen-bond acceptors (Lipinski definition) is 2. The zero-order chi connectivity index (χ0) is 12.3. The lowest BCUT2D eigenvalue weighted by molar-refractivity contribution is 0.178. The van der Waals surface area contributed by atoms with E-state index in [0.29, 0.717) is 12.3 Å². The maximum atomic E-state index is 9.07. The molecule has 92 valence electrons. The minimum atomic E-state index is -0.0276. The summed E-state index contributed by atoms with van der Waals surface area (Å²) in [7, 11) is 0. The third-order valence-corrected chi connectivity index (χ3v) is 3.95. The van der Waals surface area contributed by atoms with E-state index in [1.54, 1.807) is 0 Å². The van der Waals surface area contributed by atoms with Gasteiger partial charge in [0, 0.05) is 6.20 Å². The fourth-order valence-electron chi connectivity index (χ4n) is 2.74. The number of aromatic nitrogens is 2. The predicted molar refractivity (Wildman–Crippen MR) is 67.6 cm³/mol. The standard InChI is InChI=1S/C14H21N3/c1-12(2)13-10-16-17(11-13)14(8-9-15)6-4-3-5-7-14/h10-12H,3-8H2,1-2H3. The normalized spacial score (nSPS) is 19.2. The average Bonchev–Trinajstić information content (AvgIpc) is 2.80. The lowest BCUT2D eigenvalue weighted by Gasteiger charge is -2.35. The Kier molecular flexibility index (Phi) is 3.51. The smallest absolute Gasteiger partial charge is 0.0757 e. The van der Waals surface area contributed by atoms with Gasteiger partial charge in [0.15, 0.2) is 0 Å². The summed E-state index contributed by atoms with van der Waals surface area (Å²) in [6, 6.07) is 2.35. The lowest BCUT2D eigenvalue weighted by atomic mass is 9.80. The van der Waals surface area contributed by atoms with E-state index in [9.17, 15) is 0 Å². The van der Waals surface area contributed by atoms with Crippen LogP contribution in [-0.4, -0.2) is 9.78 Å². The molecule has 1 aromatic heterocycles. The van der Waals surface area contributed by atoms with Crippen LogP contribution < -0.4 is 0 Å². The van der Waals surface area contributed by atoms with Crippen molar-refractivity contribution < 1.29 is 0 Å². The zero-order valence-corrected chi connectivity index (χ0v) is 10.8. The second-order valence-electron chi connectivity index (χ2n) is 5.49. The van der Waals surface area contributed by atoms with Gasteiger partial charge in [0.05, 0.1) is 24.2 Å². The van der Waals surface area contributed by atoms with Crippen molar-refractivity contribution in [3.05, 3.63) is 18.0 Å². The van der Waals surface area contributed by atoms with Gasteiger partial charge >= 0.3 is 0 Å². The molecule has 0 atom stereocenters. The van der Waals surface area contributed by atoms with Crippen LogP contribution in [0.1, 0.15) is 63.9 Å². The highest BCUT2D eigenvalue weighted by Crippen LogP contribution is 2.37. The van der Waals surface area contributed by atoms with Gasteiger partial charge in [0.25, 0.3) is 0 Å². The summed E-state index contributed by atoms with van der Waals surface area (Å²) in [6.07, 6.45) is 10.6. The maximum Gasteiger partial charge on any atom is 0.0757 e. The Morgan fingerprint density at radius 3 is 2.65 bits per heavy atom. The van der Waals surface area contributed by atoms with E-state index in [1.165, 1.54) is 24.8 Å². The fraction of sp³-hybridized carbons (Fsp3) is 0.714. The molecule has 3 heteroatoms. The first kappa shape index (κ1) is 12.2. The van der Waals surface area contributed by atoms with Crippen molar-refractivity contribution in [1.29, 1.82) is 5.26 Å². The molecule has 0 aliphatic heterocycles. The monoisotopic (exact) mass is 231 g/mol. The third-order valence-electron chi connectivity index (χ3n) is 3.95. The summed E-state index contributed by atoms with van der Waals surface area (Å²) in [5, 5.41) is 13.6. The molecule has 1 aliphatic carbocycles. The van der Waals surface area contributed by atoms with Crippen LogP contribution in [0.4, 0.5) is 0 Å². The fourth-order valence-corrected chi connectivity index (χ4v) is 2.74. The highest BCUT2D eigenvalue weighted by atomic mass is 15.3. The van der Waals surface area contributed by atoms with Gasteiger partial charge in [-0.3, -0.25) is 4.68 Å². The molecule has 1 fully saturated rings. The first-order chi connectivity index (χ1) is 8.18. The van der Waals surface area contributed by atoms with Crippen LogP contribution in [0.15, 0.2) is 12.4 Å². The molecule has 0 spiro atoms. The number of nitriles is 1. The Morgan fingerprint density at radius 2 is 2.12 bits per heavy atom. The first-order valence-electron chi connectivity index (χ1n) is 6.60. The van der Waals surface area contributed by atoms with Crippen molar-refractivity contribution in [1.82, 2.24) is 9.78 Å². The molecule has 0 amide bonds. The van der Waals surface area contributed by atoms with Crippen LogP contribution in [0.3, 0.4) is 0 Å². The second-order valence-corrected chi connectivity index (χ2v) is 5.49. The van der Waals surface area contributed by atoms with Gasteiger partial charge in [0.2, 0.25) is 0 Å². The van der Waals surface area contributed by atoms with Crippen molar-refractivity contribution >= 4 is 0 Å². The Balaban J connectivity index is 2.28. The summed E-state index contributed by atoms with van der Waals surface area (Å²) in [4.78, 5) is 0. The van der Waals surface area contributed by atoms with Crippen molar-refractivity contribution in [2.24, 2.45) is 0 Å². The van der Waals surface area contributed by atoms with Crippen LogP contribution in [0.5, 0.6) is 0 Å². The second kappa shape index (κ2) is 4.91. The molecule has 1 saturated carbocycles. The Labute approximate surface area is 103 Å². The van der Waals surface area contributed by atoms with E-state index < -0.39 is 0 Å². The van der Waals surface area contributed by atoms with Gasteiger partial charge in [-0.25, -0.2) is 0 Å². The van der Waals surface area contributed by atoms with E-state index in [0.717, 1.165) is 12.8 Å².